The molecule has 0 N–H and O–H groups in total. The average molecular weight is 374 g/mol. The van der Waals surface area contributed by atoms with Gasteiger partial charge in [0.05, 0.1) is 39.8 Å². The average Bonchev–Trinajstić information content (AvgIpc) is 3.00. The van der Waals surface area contributed by atoms with Gasteiger partial charge in [0.1, 0.15) is 5.69 Å². The quantitative estimate of drug-likeness (QED) is 0.444. The first-order valence-electron chi connectivity index (χ1n) is 6.54. The molecule has 0 aliphatic carbocycles. The van der Waals surface area contributed by atoms with Crippen molar-refractivity contribution in [1.82, 2.24) is 9.78 Å². The Kier molecular flexibility index (Phi) is 5.72. The SMILES string of the molecule is CCCOC(=O)N(C#N)c1cnn(-c2ccc(Cl)c(Cl)c2Cl)c1. The summed E-state index contributed by atoms with van der Waals surface area (Å²) in [6.07, 6.45) is 4.44. The van der Waals surface area contributed by atoms with E-state index in [-0.39, 0.29) is 22.3 Å². The van der Waals surface area contributed by atoms with Gasteiger partial charge in [-0.1, -0.05) is 41.7 Å². The lowest BCUT2D eigenvalue weighted by molar-refractivity contribution is 0.156. The first-order valence-corrected chi connectivity index (χ1v) is 7.68. The Morgan fingerprint density at radius 2 is 2.13 bits per heavy atom. The van der Waals surface area contributed by atoms with E-state index in [0.29, 0.717) is 17.1 Å². The molecule has 0 fully saturated rings. The summed E-state index contributed by atoms with van der Waals surface area (Å²) in [5.74, 6) is 0. The van der Waals surface area contributed by atoms with Crippen LogP contribution in [0.4, 0.5) is 10.5 Å². The summed E-state index contributed by atoms with van der Waals surface area (Å²) in [5.41, 5.74) is 0.711. The highest BCUT2D eigenvalue weighted by molar-refractivity contribution is 6.48. The number of carbonyl (C=O) groups is 1. The largest absolute Gasteiger partial charge is 0.448 e. The second-order valence-corrected chi connectivity index (χ2v) is 5.55. The first kappa shape index (κ1) is 17.4. The van der Waals surface area contributed by atoms with Crippen LogP contribution in [0.1, 0.15) is 13.3 Å². The molecule has 1 amide bonds. The Hall–Kier alpha value is -1.94. The molecule has 6 nitrogen and oxygen atoms in total. The molecular formula is C14H11Cl3N4O2. The molecule has 120 valence electrons. The summed E-state index contributed by atoms with van der Waals surface area (Å²) in [4.78, 5) is 12.6. The lowest BCUT2D eigenvalue weighted by Gasteiger charge is -2.11. The Morgan fingerprint density at radius 1 is 1.39 bits per heavy atom. The normalized spacial score (nSPS) is 10.2. The summed E-state index contributed by atoms with van der Waals surface area (Å²) in [6.45, 7) is 2.08. The van der Waals surface area contributed by atoms with Crippen LogP contribution in [0.25, 0.3) is 5.69 Å². The summed E-state index contributed by atoms with van der Waals surface area (Å²) >= 11 is 18.0. The first-order chi connectivity index (χ1) is 11.0. The highest BCUT2D eigenvalue weighted by Crippen LogP contribution is 2.34. The van der Waals surface area contributed by atoms with Gasteiger partial charge in [0.25, 0.3) is 0 Å². The molecule has 0 spiro atoms. The fourth-order valence-corrected chi connectivity index (χ4v) is 2.33. The van der Waals surface area contributed by atoms with Crippen molar-refractivity contribution >= 4 is 46.6 Å². The lowest BCUT2D eigenvalue weighted by atomic mass is 10.3. The van der Waals surface area contributed by atoms with Crippen molar-refractivity contribution in [2.24, 2.45) is 0 Å². The number of hydrogen-bond acceptors (Lipinski definition) is 4. The molecule has 0 saturated carbocycles. The second kappa shape index (κ2) is 7.55. The van der Waals surface area contributed by atoms with E-state index in [0.717, 1.165) is 4.90 Å². The Labute approximate surface area is 147 Å². The number of rotatable bonds is 4. The van der Waals surface area contributed by atoms with Crippen LogP contribution < -0.4 is 4.90 Å². The Balaban J connectivity index is 2.32. The molecule has 2 rings (SSSR count). The number of carbonyl (C=O) groups excluding carboxylic acids is 1. The zero-order chi connectivity index (χ0) is 17.0. The van der Waals surface area contributed by atoms with Gasteiger partial charge in [-0.05, 0) is 18.6 Å². The van der Waals surface area contributed by atoms with E-state index in [2.05, 4.69) is 5.10 Å². The molecule has 0 radical (unpaired) electrons. The van der Waals surface area contributed by atoms with Crippen LogP contribution in [0.2, 0.25) is 15.1 Å². The van der Waals surface area contributed by atoms with Crippen LogP contribution in [-0.4, -0.2) is 22.5 Å². The lowest BCUT2D eigenvalue weighted by Crippen LogP contribution is -2.26. The van der Waals surface area contributed by atoms with Crippen molar-refractivity contribution < 1.29 is 9.53 Å². The number of nitriles is 1. The van der Waals surface area contributed by atoms with Crippen LogP contribution in [-0.2, 0) is 4.74 Å². The van der Waals surface area contributed by atoms with E-state index < -0.39 is 6.09 Å². The van der Waals surface area contributed by atoms with E-state index in [1.165, 1.54) is 17.1 Å². The summed E-state index contributed by atoms with van der Waals surface area (Å²) in [5, 5.41) is 13.9. The second-order valence-electron chi connectivity index (χ2n) is 4.39. The predicted octanol–water partition coefficient (Wildman–Crippen LogP) is 4.67. The summed E-state index contributed by atoms with van der Waals surface area (Å²) in [6, 6.07) is 3.20. The maximum atomic E-state index is 11.8. The van der Waals surface area contributed by atoms with Crippen molar-refractivity contribution in [3.8, 4) is 11.9 Å². The maximum Gasteiger partial charge on any atom is 0.428 e. The van der Waals surface area contributed by atoms with E-state index >= 15 is 0 Å². The fraction of sp³-hybridized carbons (Fsp3) is 0.214. The third-order valence-electron chi connectivity index (χ3n) is 2.80. The summed E-state index contributed by atoms with van der Waals surface area (Å²) in [7, 11) is 0. The van der Waals surface area contributed by atoms with Gasteiger partial charge in [-0.2, -0.15) is 15.3 Å². The van der Waals surface area contributed by atoms with E-state index in [1.807, 2.05) is 6.92 Å². The zero-order valence-electron chi connectivity index (χ0n) is 12.0. The monoisotopic (exact) mass is 372 g/mol. The number of halogens is 3. The van der Waals surface area contributed by atoms with Gasteiger partial charge in [0.2, 0.25) is 0 Å². The van der Waals surface area contributed by atoms with Crippen molar-refractivity contribution in [3.05, 3.63) is 39.6 Å². The number of benzene rings is 1. The van der Waals surface area contributed by atoms with Gasteiger partial charge in [-0.3, -0.25) is 0 Å². The molecule has 1 heterocycles. The van der Waals surface area contributed by atoms with Crippen LogP contribution in [0.5, 0.6) is 0 Å². The third kappa shape index (κ3) is 3.70. The number of hydrogen-bond donors (Lipinski definition) is 0. The number of aromatic nitrogens is 2. The molecule has 2 aromatic rings. The molecule has 0 aliphatic rings. The highest BCUT2D eigenvalue weighted by Gasteiger charge is 2.20. The minimum atomic E-state index is -0.769. The fourth-order valence-electron chi connectivity index (χ4n) is 1.71. The van der Waals surface area contributed by atoms with Gasteiger partial charge in [0.15, 0.2) is 6.19 Å². The molecule has 23 heavy (non-hydrogen) atoms. The van der Waals surface area contributed by atoms with Gasteiger partial charge < -0.3 is 4.74 Å². The van der Waals surface area contributed by atoms with Crippen molar-refractivity contribution in [2.45, 2.75) is 13.3 Å². The predicted molar refractivity (Wildman–Crippen MR) is 88.3 cm³/mol. The maximum absolute atomic E-state index is 11.8. The van der Waals surface area contributed by atoms with Crippen LogP contribution in [0.15, 0.2) is 24.5 Å². The number of amides is 1. The third-order valence-corrected chi connectivity index (χ3v) is 4.08. The van der Waals surface area contributed by atoms with Crippen molar-refractivity contribution in [2.75, 3.05) is 11.5 Å². The van der Waals surface area contributed by atoms with Crippen LogP contribution in [0, 0.1) is 11.5 Å². The van der Waals surface area contributed by atoms with E-state index in [1.54, 1.807) is 18.3 Å². The molecule has 0 unspecified atom stereocenters. The Morgan fingerprint density at radius 3 is 2.78 bits per heavy atom. The zero-order valence-corrected chi connectivity index (χ0v) is 14.2. The minimum absolute atomic E-state index is 0.197. The number of anilines is 1. The molecule has 1 aromatic heterocycles. The van der Waals surface area contributed by atoms with Gasteiger partial charge in [0, 0.05) is 0 Å². The molecular weight excluding hydrogens is 363 g/mol. The molecule has 9 heteroatoms. The number of ether oxygens (including phenoxy) is 1. The van der Waals surface area contributed by atoms with E-state index in [4.69, 9.17) is 44.8 Å². The minimum Gasteiger partial charge on any atom is -0.448 e. The smallest absolute Gasteiger partial charge is 0.428 e. The Bertz CT molecular complexity index is 770. The molecule has 0 atom stereocenters. The van der Waals surface area contributed by atoms with Crippen molar-refractivity contribution in [1.29, 1.82) is 5.26 Å². The molecule has 0 aliphatic heterocycles. The van der Waals surface area contributed by atoms with Crippen molar-refractivity contribution in [3.63, 3.8) is 0 Å². The summed E-state index contributed by atoms with van der Waals surface area (Å²) < 4.78 is 6.32. The molecule has 1 aromatic carbocycles. The van der Waals surface area contributed by atoms with E-state index in [9.17, 15) is 4.79 Å². The van der Waals surface area contributed by atoms with Crippen LogP contribution in [0.3, 0.4) is 0 Å². The topological polar surface area (TPSA) is 71.2 Å². The van der Waals surface area contributed by atoms with Gasteiger partial charge >= 0.3 is 6.09 Å². The van der Waals surface area contributed by atoms with Crippen LogP contribution >= 0.6 is 34.8 Å². The highest BCUT2D eigenvalue weighted by atomic mass is 35.5. The standard InChI is InChI=1S/C14H11Cl3N4O2/c1-2-5-23-14(22)20(8-18)9-6-19-21(7-9)11-4-3-10(15)12(16)13(11)17/h3-4,6-7H,2,5H2,1H3. The van der Waals surface area contributed by atoms with Gasteiger partial charge in [-0.25, -0.2) is 9.48 Å². The van der Waals surface area contributed by atoms with Gasteiger partial charge in [-0.15, -0.1) is 0 Å². The molecule has 0 saturated heterocycles. The molecule has 0 bridgehead atoms. The number of nitrogens with zero attached hydrogens (tertiary/aromatic N) is 4.